The molecule has 0 amide bonds. The Bertz CT molecular complexity index is 791. The number of rotatable bonds is 8. The molecule has 0 heterocycles. The average Bonchev–Trinajstić information content (AvgIpc) is 2.74. The zero-order chi connectivity index (χ0) is 20.0. The summed E-state index contributed by atoms with van der Waals surface area (Å²) in [4.78, 5) is 24.5. The molecule has 6 heteroatoms. The highest BCUT2D eigenvalue weighted by Gasteiger charge is 2.58. The molecule has 0 bridgehead atoms. The topological polar surface area (TPSA) is 71.1 Å². The highest BCUT2D eigenvalue weighted by molar-refractivity contribution is 5.89. The van der Waals surface area contributed by atoms with Gasteiger partial charge in [-0.25, -0.2) is 9.59 Å². The quantitative estimate of drug-likeness (QED) is 0.651. The number of ether oxygens (including phenoxy) is 4. The fourth-order valence-corrected chi connectivity index (χ4v) is 3.50. The first-order chi connectivity index (χ1) is 13.6. The number of carbonyl (C=O) groups is 2. The second kappa shape index (κ2) is 8.99. The van der Waals surface area contributed by atoms with E-state index in [-0.39, 0.29) is 25.2 Å². The molecule has 28 heavy (non-hydrogen) atoms. The van der Waals surface area contributed by atoms with Crippen LogP contribution in [0.15, 0.2) is 60.7 Å². The van der Waals surface area contributed by atoms with Gasteiger partial charge in [0.1, 0.15) is 12.2 Å². The van der Waals surface area contributed by atoms with Gasteiger partial charge >= 0.3 is 11.9 Å². The largest absolute Gasteiger partial charge is 0.462 e. The van der Waals surface area contributed by atoms with Gasteiger partial charge in [-0.1, -0.05) is 36.4 Å². The monoisotopic (exact) mass is 384 g/mol. The molecule has 0 aromatic heterocycles. The number of benzene rings is 2. The Kier molecular flexibility index (Phi) is 6.44. The van der Waals surface area contributed by atoms with E-state index in [0.717, 1.165) is 0 Å². The molecule has 1 fully saturated rings. The number of hydrogen-bond donors (Lipinski definition) is 0. The normalized spacial score (nSPS) is 23.5. The maximum Gasteiger partial charge on any atom is 0.338 e. The Labute approximate surface area is 164 Å². The van der Waals surface area contributed by atoms with Gasteiger partial charge in [0.15, 0.2) is 0 Å². The van der Waals surface area contributed by atoms with Crippen molar-refractivity contribution in [2.24, 2.45) is 5.92 Å². The van der Waals surface area contributed by atoms with Gasteiger partial charge < -0.3 is 18.9 Å². The third kappa shape index (κ3) is 4.08. The summed E-state index contributed by atoms with van der Waals surface area (Å²) in [5.41, 5.74) is 0.105. The molecule has 2 aromatic carbocycles. The van der Waals surface area contributed by atoms with Crippen molar-refractivity contribution in [1.29, 1.82) is 0 Å². The first-order valence-corrected chi connectivity index (χ1v) is 9.13. The minimum Gasteiger partial charge on any atom is -0.462 e. The Morgan fingerprint density at radius 1 is 0.893 bits per heavy atom. The number of methoxy groups -OCH3 is 2. The van der Waals surface area contributed by atoms with E-state index in [1.165, 1.54) is 0 Å². The van der Waals surface area contributed by atoms with E-state index in [4.69, 9.17) is 18.9 Å². The molecule has 0 aliphatic heterocycles. The summed E-state index contributed by atoms with van der Waals surface area (Å²) in [5, 5.41) is 0. The molecule has 1 aliphatic carbocycles. The van der Waals surface area contributed by atoms with E-state index < -0.39 is 17.5 Å². The van der Waals surface area contributed by atoms with E-state index in [2.05, 4.69) is 0 Å². The predicted molar refractivity (Wildman–Crippen MR) is 102 cm³/mol. The van der Waals surface area contributed by atoms with E-state index in [9.17, 15) is 9.59 Å². The molecule has 0 spiro atoms. The number of esters is 2. The van der Waals surface area contributed by atoms with Gasteiger partial charge in [-0.05, 0) is 30.7 Å². The maximum atomic E-state index is 12.3. The average molecular weight is 384 g/mol. The Balaban J connectivity index is 1.62. The van der Waals surface area contributed by atoms with Crippen LogP contribution < -0.4 is 0 Å². The van der Waals surface area contributed by atoms with Crippen LogP contribution in [0.5, 0.6) is 0 Å². The van der Waals surface area contributed by atoms with Crippen molar-refractivity contribution in [3.63, 3.8) is 0 Å². The van der Waals surface area contributed by atoms with Gasteiger partial charge in [0.25, 0.3) is 0 Å². The highest BCUT2D eigenvalue weighted by atomic mass is 16.6. The first kappa shape index (κ1) is 20.0. The van der Waals surface area contributed by atoms with E-state index in [0.29, 0.717) is 17.5 Å². The second-order valence-corrected chi connectivity index (χ2v) is 6.72. The molecule has 3 atom stereocenters. The molecular formula is C22H24O6. The molecule has 3 rings (SSSR count). The van der Waals surface area contributed by atoms with Crippen molar-refractivity contribution in [1.82, 2.24) is 0 Å². The summed E-state index contributed by atoms with van der Waals surface area (Å²) in [6.07, 6.45) is 0.400. The summed E-state index contributed by atoms with van der Waals surface area (Å²) >= 11 is 0. The van der Waals surface area contributed by atoms with Gasteiger partial charge in [0.05, 0.1) is 23.8 Å². The zero-order valence-electron chi connectivity index (χ0n) is 16.0. The smallest absolute Gasteiger partial charge is 0.338 e. The van der Waals surface area contributed by atoms with Crippen molar-refractivity contribution in [2.45, 2.75) is 18.1 Å². The fourth-order valence-electron chi connectivity index (χ4n) is 3.50. The van der Waals surface area contributed by atoms with Gasteiger partial charge in [-0.3, -0.25) is 0 Å². The standard InChI is InChI=1S/C22H24O6/c1-25-19-13-18(14-27-20(23)16-9-5-3-6-10-16)22(19,26-2)15-28-21(24)17-11-7-4-8-12-17/h3-12,18-19H,13-15H2,1-2H3. The third-order valence-corrected chi connectivity index (χ3v) is 5.26. The molecule has 0 radical (unpaired) electrons. The Morgan fingerprint density at radius 3 is 1.93 bits per heavy atom. The Hall–Kier alpha value is -2.70. The van der Waals surface area contributed by atoms with E-state index >= 15 is 0 Å². The summed E-state index contributed by atoms with van der Waals surface area (Å²) in [7, 11) is 3.14. The maximum absolute atomic E-state index is 12.3. The lowest BCUT2D eigenvalue weighted by molar-refractivity contribution is -0.242. The molecule has 1 saturated carbocycles. The molecule has 148 valence electrons. The predicted octanol–water partition coefficient (Wildman–Crippen LogP) is 3.12. The first-order valence-electron chi connectivity index (χ1n) is 9.13. The van der Waals surface area contributed by atoms with Crippen molar-refractivity contribution >= 4 is 11.9 Å². The van der Waals surface area contributed by atoms with Gasteiger partial charge in [0, 0.05) is 20.1 Å². The molecular weight excluding hydrogens is 360 g/mol. The number of hydrogen-bond acceptors (Lipinski definition) is 6. The zero-order valence-corrected chi connectivity index (χ0v) is 16.0. The van der Waals surface area contributed by atoms with Crippen LogP contribution in [0.2, 0.25) is 0 Å². The van der Waals surface area contributed by atoms with Gasteiger partial charge in [-0.15, -0.1) is 0 Å². The molecule has 3 unspecified atom stereocenters. The van der Waals surface area contributed by atoms with Crippen molar-refractivity contribution < 1.29 is 28.5 Å². The summed E-state index contributed by atoms with van der Waals surface area (Å²) < 4.78 is 22.2. The lowest BCUT2D eigenvalue weighted by Gasteiger charge is -2.52. The lowest BCUT2D eigenvalue weighted by atomic mass is 9.67. The fraction of sp³-hybridized carbons (Fsp3) is 0.364. The molecule has 0 saturated heterocycles. The van der Waals surface area contributed by atoms with Crippen LogP contribution in [0.25, 0.3) is 0 Å². The molecule has 1 aliphatic rings. The Morgan fingerprint density at radius 2 is 1.43 bits per heavy atom. The van der Waals surface area contributed by atoms with Crippen molar-refractivity contribution in [3.05, 3.63) is 71.8 Å². The summed E-state index contributed by atoms with van der Waals surface area (Å²) in [5.74, 6) is -0.967. The third-order valence-electron chi connectivity index (χ3n) is 5.26. The van der Waals surface area contributed by atoms with Crippen LogP contribution >= 0.6 is 0 Å². The minimum absolute atomic E-state index is 0.0172. The molecule has 6 nitrogen and oxygen atoms in total. The van der Waals surface area contributed by atoms with E-state index in [1.54, 1.807) is 62.8 Å². The SMILES string of the molecule is COC1CC(COC(=O)c2ccccc2)C1(COC(=O)c1ccccc1)OC. The van der Waals surface area contributed by atoms with Crippen molar-refractivity contribution in [2.75, 3.05) is 27.4 Å². The van der Waals surface area contributed by atoms with Gasteiger partial charge in [-0.2, -0.15) is 0 Å². The van der Waals surface area contributed by atoms with Crippen molar-refractivity contribution in [3.8, 4) is 0 Å². The molecule has 2 aromatic rings. The van der Waals surface area contributed by atoms with Crippen LogP contribution in [-0.4, -0.2) is 51.1 Å². The van der Waals surface area contributed by atoms with E-state index in [1.807, 2.05) is 12.1 Å². The lowest BCUT2D eigenvalue weighted by Crippen LogP contribution is -2.65. The van der Waals surface area contributed by atoms with Crippen LogP contribution in [0, 0.1) is 5.92 Å². The minimum atomic E-state index is -0.851. The van der Waals surface area contributed by atoms with Crippen LogP contribution in [0.1, 0.15) is 27.1 Å². The van der Waals surface area contributed by atoms with Crippen LogP contribution in [-0.2, 0) is 18.9 Å². The number of carbonyl (C=O) groups excluding carboxylic acids is 2. The molecule has 0 N–H and O–H groups in total. The summed E-state index contributed by atoms with van der Waals surface area (Å²) in [6, 6.07) is 17.6. The summed E-state index contributed by atoms with van der Waals surface area (Å²) in [6.45, 7) is 0.174. The van der Waals surface area contributed by atoms with Crippen LogP contribution in [0.3, 0.4) is 0 Å². The van der Waals surface area contributed by atoms with Crippen LogP contribution in [0.4, 0.5) is 0 Å². The van der Waals surface area contributed by atoms with Gasteiger partial charge in [0.2, 0.25) is 0 Å². The second-order valence-electron chi connectivity index (χ2n) is 6.72. The highest BCUT2D eigenvalue weighted by Crippen LogP contribution is 2.44.